The van der Waals surface area contributed by atoms with Crippen LogP contribution >= 0.6 is 46.8 Å². The molecule has 4 rings (SSSR count). The minimum Gasteiger partial charge on any atom is -0.360 e. The van der Waals surface area contributed by atoms with Crippen molar-refractivity contribution in [1.82, 2.24) is 15.1 Å². The molecule has 1 saturated carbocycles. The number of fused-ring (bicyclic) bond motifs is 1. The van der Waals surface area contributed by atoms with Crippen molar-refractivity contribution < 1.29 is 4.79 Å². The first-order valence-electron chi connectivity index (χ1n) is 9.75. The summed E-state index contributed by atoms with van der Waals surface area (Å²) in [5.74, 6) is -0.00636. The quantitative estimate of drug-likeness (QED) is 0.633. The molecule has 1 aliphatic carbocycles. The summed E-state index contributed by atoms with van der Waals surface area (Å²) < 4.78 is 0.942. The summed E-state index contributed by atoms with van der Waals surface area (Å²) in [6.45, 7) is 2.80. The van der Waals surface area contributed by atoms with Crippen LogP contribution in [0.15, 0.2) is 18.2 Å². The maximum Gasteiger partial charge on any atom is 0.265 e. The van der Waals surface area contributed by atoms with Gasteiger partial charge in [0.1, 0.15) is 4.88 Å². The highest BCUT2D eigenvalue weighted by Crippen LogP contribution is 2.37. The minimum absolute atomic E-state index is 0.00636. The fourth-order valence-electron chi connectivity index (χ4n) is 3.95. The van der Waals surface area contributed by atoms with E-state index in [1.807, 2.05) is 17.0 Å². The number of nitrogens with zero attached hydrogens (tertiary/aromatic N) is 2. The summed E-state index contributed by atoms with van der Waals surface area (Å²) in [4.78, 5) is 17.7. The predicted molar refractivity (Wildman–Crippen MR) is 122 cm³/mol. The van der Waals surface area contributed by atoms with E-state index in [2.05, 4.69) is 10.2 Å². The van der Waals surface area contributed by atoms with Crippen LogP contribution in [-0.4, -0.2) is 53.0 Å². The van der Waals surface area contributed by atoms with Gasteiger partial charge in [-0.05, 0) is 37.2 Å². The maximum absolute atomic E-state index is 13.0. The normalized spacial score (nSPS) is 18.5. The molecule has 4 nitrogen and oxygen atoms in total. The molecule has 1 amide bonds. The molecule has 2 heterocycles. The van der Waals surface area contributed by atoms with E-state index in [0.29, 0.717) is 34.1 Å². The Bertz CT molecular complexity index is 887. The summed E-state index contributed by atoms with van der Waals surface area (Å²) >= 11 is 19.6. The number of nitrogens with one attached hydrogen (secondary N) is 1. The number of hydrogen-bond acceptors (Lipinski definition) is 3. The van der Waals surface area contributed by atoms with Gasteiger partial charge < -0.3 is 15.1 Å². The van der Waals surface area contributed by atoms with Crippen molar-refractivity contribution >= 4 is 67.9 Å². The summed E-state index contributed by atoms with van der Waals surface area (Å²) in [7, 11) is 0. The Labute approximate surface area is 184 Å². The topological polar surface area (TPSA) is 35.6 Å². The molecule has 0 radical (unpaired) electrons. The maximum atomic E-state index is 13.0. The van der Waals surface area contributed by atoms with Crippen molar-refractivity contribution in [3.05, 3.63) is 33.1 Å². The number of carbonyl (C=O) groups excluding carboxylic acids is 1. The van der Waals surface area contributed by atoms with E-state index >= 15 is 0 Å². The summed E-state index contributed by atoms with van der Waals surface area (Å²) in [6, 6.07) is 6.04. The number of thiocarbonyl (C=S) groups is 1. The molecule has 8 heteroatoms. The Morgan fingerprint density at radius 2 is 1.75 bits per heavy atom. The molecule has 1 N–H and O–H groups in total. The largest absolute Gasteiger partial charge is 0.360 e. The number of hydrogen-bond donors (Lipinski definition) is 1. The van der Waals surface area contributed by atoms with E-state index in [1.165, 1.54) is 43.4 Å². The van der Waals surface area contributed by atoms with Gasteiger partial charge in [-0.25, -0.2) is 0 Å². The molecule has 28 heavy (non-hydrogen) atoms. The summed E-state index contributed by atoms with van der Waals surface area (Å²) in [6.07, 6.45) is 6.30. The van der Waals surface area contributed by atoms with Gasteiger partial charge in [0.25, 0.3) is 5.91 Å². The molecule has 0 bridgehead atoms. The third-order valence-electron chi connectivity index (χ3n) is 5.57. The molecule has 2 aliphatic rings. The summed E-state index contributed by atoms with van der Waals surface area (Å²) in [5.41, 5.74) is 0. The van der Waals surface area contributed by atoms with Crippen LogP contribution in [0.4, 0.5) is 0 Å². The molecule has 1 saturated heterocycles. The third-order valence-corrected chi connectivity index (χ3v) is 7.83. The average Bonchev–Trinajstić information content (AvgIpc) is 3.04. The number of rotatable bonds is 2. The van der Waals surface area contributed by atoms with Crippen LogP contribution in [0.5, 0.6) is 0 Å². The lowest BCUT2D eigenvalue weighted by Crippen LogP contribution is -2.54. The molecule has 0 spiro atoms. The Hall–Kier alpha value is -1.08. The van der Waals surface area contributed by atoms with Crippen molar-refractivity contribution in [2.24, 2.45) is 0 Å². The number of amides is 1. The Morgan fingerprint density at radius 3 is 2.46 bits per heavy atom. The fourth-order valence-corrected chi connectivity index (χ4v) is 6.05. The van der Waals surface area contributed by atoms with Crippen molar-refractivity contribution in [3.63, 3.8) is 0 Å². The monoisotopic (exact) mass is 455 g/mol. The highest BCUT2D eigenvalue weighted by molar-refractivity contribution is 7.80. The Balaban J connectivity index is 1.37. The van der Waals surface area contributed by atoms with E-state index in [9.17, 15) is 4.79 Å². The zero-order chi connectivity index (χ0) is 19.7. The van der Waals surface area contributed by atoms with Gasteiger partial charge in [0, 0.05) is 47.3 Å². The van der Waals surface area contributed by atoms with E-state index in [-0.39, 0.29) is 5.91 Å². The van der Waals surface area contributed by atoms with Crippen LogP contribution in [0.2, 0.25) is 10.0 Å². The third kappa shape index (κ3) is 4.25. The van der Waals surface area contributed by atoms with Gasteiger partial charge in [-0.3, -0.25) is 4.79 Å². The van der Waals surface area contributed by atoms with Gasteiger partial charge in [-0.2, -0.15) is 0 Å². The first-order chi connectivity index (χ1) is 13.5. The smallest absolute Gasteiger partial charge is 0.265 e. The molecule has 150 valence electrons. The zero-order valence-corrected chi connectivity index (χ0v) is 18.7. The fraction of sp³-hybridized carbons (Fsp3) is 0.500. The molecule has 1 aliphatic heterocycles. The molecule has 1 aromatic heterocycles. The van der Waals surface area contributed by atoms with E-state index in [1.54, 1.807) is 6.07 Å². The van der Waals surface area contributed by atoms with E-state index in [4.69, 9.17) is 35.4 Å². The van der Waals surface area contributed by atoms with Crippen LogP contribution in [0.1, 0.15) is 41.8 Å². The Kier molecular flexibility index (Phi) is 6.30. The number of carbonyl (C=O) groups is 1. The van der Waals surface area contributed by atoms with Gasteiger partial charge in [0.2, 0.25) is 0 Å². The van der Waals surface area contributed by atoms with Crippen molar-refractivity contribution in [2.45, 2.75) is 38.1 Å². The van der Waals surface area contributed by atoms with Crippen LogP contribution in [0.3, 0.4) is 0 Å². The number of halogens is 2. The molecule has 0 unspecified atom stereocenters. The molecular weight excluding hydrogens is 433 g/mol. The van der Waals surface area contributed by atoms with Crippen LogP contribution < -0.4 is 5.32 Å². The van der Waals surface area contributed by atoms with Gasteiger partial charge in [0.05, 0.1) is 5.02 Å². The number of thiophene rings is 1. The number of piperazine rings is 1. The van der Waals surface area contributed by atoms with Crippen LogP contribution in [0.25, 0.3) is 10.1 Å². The standard InChI is InChI=1S/C20H23Cl2N3OS2/c21-13-6-7-15-16(12-13)28-18(17(15)22)19(26)24-8-10-25(11-9-24)20(27)23-14-4-2-1-3-5-14/h6-7,12,14H,1-5,8-11H2,(H,23,27). The molecular formula is C20H23Cl2N3OS2. The van der Waals surface area contributed by atoms with E-state index in [0.717, 1.165) is 28.3 Å². The lowest BCUT2D eigenvalue weighted by molar-refractivity contribution is 0.0696. The van der Waals surface area contributed by atoms with Gasteiger partial charge in [0.15, 0.2) is 5.11 Å². The van der Waals surface area contributed by atoms with Crippen LogP contribution in [-0.2, 0) is 0 Å². The zero-order valence-electron chi connectivity index (χ0n) is 15.5. The first-order valence-corrected chi connectivity index (χ1v) is 11.7. The molecule has 1 aromatic carbocycles. The second-order valence-electron chi connectivity index (χ2n) is 7.45. The summed E-state index contributed by atoms with van der Waals surface area (Å²) in [5, 5.41) is 6.41. The first kappa shape index (κ1) is 20.2. The minimum atomic E-state index is -0.00636. The highest BCUT2D eigenvalue weighted by Gasteiger charge is 2.27. The molecule has 0 atom stereocenters. The lowest BCUT2D eigenvalue weighted by Gasteiger charge is -2.37. The predicted octanol–water partition coefficient (Wildman–Crippen LogP) is 5.17. The lowest BCUT2D eigenvalue weighted by atomic mass is 9.96. The SMILES string of the molecule is O=C(c1sc2cc(Cl)ccc2c1Cl)N1CCN(C(=S)NC2CCCCC2)CC1. The van der Waals surface area contributed by atoms with Gasteiger partial charge in [-0.1, -0.05) is 48.5 Å². The van der Waals surface area contributed by atoms with Gasteiger partial charge >= 0.3 is 0 Å². The molecule has 2 fully saturated rings. The van der Waals surface area contributed by atoms with Crippen molar-refractivity contribution in [2.75, 3.05) is 26.2 Å². The number of benzene rings is 1. The Morgan fingerprint density at radius 1 is 1.07 bits per heavy atom. The van der Waals surface area contributed by atoms with Crippen molar-refractivity contribution in [1.29, 1.82) is 0 Å². The highest BCUT2D eigenvalue weighted by atomic mass is 35.5. The van der Waals surface area contributed by atoms with Crippen LogP contribution in [0, 0.1) is 0 Å². The van der Waals surface area contributed by atoms with E-state index < -0.39 is 0 Å². The van der Waals surface area contributed by atoms with Crippen molar-refractivity contribution in [3.8, 4) is 0 Å². The molecule has 2 aromatic rings. The second kappa shape index (κ2) is 8.74. The average molecular weight is 456 g/mol. The second-order valence-corrected chi connectivity index (χ2v) is 9.70. The van der Waals surface area contributed by atoms with Gasteiger partial charge in [-0.15, -0.1) is 11.3 Å².